The lowest BCUT2D eigenvalue weighted by molar-refractivity contribution is 0.108. The lowest BCUT2D eigenvalue weighted by atomic mass is 9.72. The van der Waals surface area contributed by atoms with Crippen LogP contribution in [0.5, 0.6) is 0 Å². The largest absolute Gasteiger partial charge is 0.385 e. The summed E-state index contributed by atoms with van der Waals surface area (Å²) in [7, 11) is 1.77. The molecule has 0 aliphatic heterocycles. The van der Waals surface area contributed by atoms with Crippen LogP contribution in [-0.2, 0) is 4.74 Å². The van der Waals surface area contributed by atoms with Gasteiger partial charge < -0.3 is 10.5 Å². The van der Waals surface area contributed by atoms with Crippen LogP contribution in [0.25, 0.3) is 0 Å². The second-order valence-corrected chi connectivity index (χ2v) is 4.01. The van der Waals surface area contributed by atoms with E-state index in [2.05, 4.69) is 0 Å². The van der Waals surface area contributed by atoms with Crippen LogP contribution in [0.2, 0.25) is 0 Å². The molecule has 0 bridgehead atoms. The first kappa shape index (κ1) is 10.0. The second kappa shape index (κ2) is 4.83. The number of ether oxygens (including phenoxy) is 1. The predicted octanol–water partition coefficient (Wildman–Crippen LogP) is 1.93. The van der Waals surface area contributed by atoms with Crippen molar-refractivity contribution in [2.45, 2.75) is 38.5 Å². The van der Waals surface area contributed by atoms with Crippen LogP contribution in [-0.4, -0.2) is 20.3 Å². The van der Waals surface area contributed by atoms with Crippen molar-refractivity contribution in [1.82, 2.24) is 0 Å². The Morgan fingerprint density at radius 2 is 1.92 bits per heavy atom. The van der Waals surface area contributed by atoms with Gasteiger partial charge in [0.15, 0.2) is 0 Å². The zero-order chi connectivity index (χ0) is 8.86. The smallest absolute Gasteiger partial charge is 0.0468 e. The maximum Gasteiger partial charge on any atom is 0.0468 e. The average molecular weight is 171 g/mol. The Morgan fingerprint density at radius 1 is 1.25 bits per heavy atom. The van der Waals surface area contributed by atoms with E-state index in [4.69, 9.17) is 10.5 Å². The standard InChI is InChI=1S/C10H21NO/c1-12-8-7-10(9-11)5-3-2-4-6-10/h2-9,11H2,1H3. The van der Waals surface area contributed by atoms with Gasteiger partial charge in [-0.1, -0.05) is 19.3 Å². The summed E-state index contributed by atoms with van der Waals surface area (Å²) in [6.45, 7) is 1.72. The Kier molecular flexibility index (Phi) is 4.02. The molecule has 0 radical (unpaired) electrons. The summed E-state index contributed by atoms with van der Waals surface area (Å²) < 4.78 is 5.12. The molecule has 0 heterocycles. The summed E-state index contributed by atoms with van der Waals surface area (Å²) in [5.41, 5.74) is 6.25. The normalized spacial score (nSPS) is 22.5. The van der Waals surface area contributed by atoms with Crippen LogP contribution in [0, 0.1) is 5.41 Å². The molecule has 1 aliphatic carbocycles. The molecule has 0 unspecified atom stereocenters. The van der Waals surface area contributed by atoms with Gasteiger partial charge in [-0.2, -0.15) is 0 Å². The first-order chi connectivity index (χ1) is 5.83. The zero-order valence-electron chi connectivity index (χ0n) is 8.14. The van der Waals surface area contributed by atoms with Crippen molar-refractivity contribution in [3.63, 3.8) is 0 Å². The van der Waals surface area contributed by atoms with Crippen LogP contribution in [0.3, 0.4) is 0 Å². The highest BCUT2D eigenvalue weighted by molar-refractivity contribution is 4.83. The molecule has 2 nitrogen and oxygen atoms in total. The monoisotopic (exact) mass is 171 g/mol. The van der Waals surface area contributed by atoms with E-state index in [0.29, 0.717) is 5.41 Å². The average Bonchev–Trinajstić information content (AvgIpc) is 2.16. The Morgan fingerprint density at radius 3 is 2.42 bits per heavy atom. The molecule has 1 aliphatic rings. The van der Waals surface area contributed by atoms with Gasteiger partial charge >= 0.3 is 0 Å². The molecule has 72 valence electrons. The highest BCUT2D eigenvalue weighted by Crippen LogP contribution is 2.38. The van der Waals surface area contributed by atoms with Crippen LogP contribution in [0.1, 0.15) is 38.5 Å². The molecule has 12 heavy (non-hydrogen) atoms. The van der Waals surface area contributed by atoms with Gasteiger partial charge in [0.25, 0.3) is 0 Å². The van der Waals surface area contributed by atoms with Crippen molar-refractivity contribution >= 4 is 0 Å². The maximum atomic E-state index is 5.82. The lowest BCUT2D eigenvalue weighted by Crippen LogP contribution is -2.33. The summed E-state index contributed by atoms with van der Waals surface area (Å²) in [6.07, 6.45) is 7.90. The third-order valence-electron chi connectivity index (χ3n) is 3.18. The molecule has 2 heteroatoms. The Balaban J connectivity index is 2.37. The van der Waals surface area contributed by atoms with Crippen molar-refractivity contribution < 1.29 is 4.74 Å². The fraction of sp³-hybridized carbons (Fsp3) is 1.00. The summed E-state index contributed by atoms with van der Waals surface area (Å²) in [6, 6.07) is 0. The molecule has 0 spiro atoms. The number of methoxy groups -OCH3 is 1. The Bertz CT molecular complexity index is 119. The molecule has 1 saturated carbocycles. The fourth-order valence-electron chi connectivity index (χ4n) is 2.18. The van der Waals surface area contributed by atoms with Gasteiger partial charge in [0, 0.05) is 13.7 Å². The van der Waals surface area contributed by atoms with Crippen LogP contribution < -0.4 is 5.73 Å². The van der Waals surface area contributed by atoms with Gasteiger partial charge in [0.05, 0.1) is 0 Å². The molecular formula is C10H21NO. The van der Waals surface area contributed by atoms with E-state index in [0.717, 1.165) is 19.6 Å². The van der Waals surface area contributed by atoms with Gasteiger partial charge in [-0.05, 0) is 31.2 Å². The van der Waals surface area contributed by atoms with Crippen LogP contribution >= 0.6 is 0 Å². The van der Waals surface area contributed by atoms with E-state index in [1.54, 1.807) is 7.11 Å². The number of nitrogens with two attached hydrogens (primary N) is 1. The number of rotatable bonds is 4. The summed E-state index contributed by atoms with van der Waals surface area (Å²) in [5, 5.41) is 0. The van der Waals surface area contributed by atoms with E-state index < -0.39 is 0 Å². The molecule has 0 aromatic rings. The molecular weight excluding hydrogens is 150 g/mol. The van der Waals surface area contributed by atoms with Crippen molar-refractivity contribution in [3.8, 4) is 0 Å². The Hall–Kier alpha value is -0.0800. The Labute approximate surface area is 75.5 Å². The molecule has 0 atom stereocenters. The van der Waals surface area contributed by atoms with Gasteiger partial charge in [-0.3, -0.25) is 0 Å². The van der Waals surface area contributed by atoms with Crippen molar-refractivity contribution in [2.75, 3.05) is 20.3 Å². The third kappa shape index (κ3) is 2.46. The molecule has 0 amide bonds. The van der Waals surface area contributed by atoms with E-state index in [1.165, 1.54) is 32.1 Å². The molecule has 1 rings (SSSR count). The van der Waals surface area contributed by atoms with E-state index in [1.807, 2.05) is 0 Å². The molecule has 2 N–H and O–H groups in total. The van der Waals surface area contributed by atoms with Crippen molar-refractivity contribution in [3.05, 3.63) is 0 Å². The lowest BCUT2D eigenvalue weighted by Gasteiger charge is -2.36. The first-order valence-corrected chi connectivity index (χ1v) is 5.02. The SMILES string of the molecule is COCCC1(CN)CCCCC1. The minimum Gasteiger partial charge on any atom is -0.385 e. The topological polar surface area (TPSA) is 35.2 Å². The van der Waals surface area contributed by atoms with Crippen LogP contribution in [0.15, 0.2) is 0 Å². The van der Waals surface area contributed by atoms with Gasteiger partial charge in [0.2, 0.25) is 0 Å². The first-order valence-electron chi connectivity index (χ1n) is 5.02. The predicted molar refractivity (Wildman–Crippen MR) is 51.1 cm³/mol. The maximum absolute atomic E-state index is 5.82. The molecule has 1 fully saturated rings. The van der Waals surface area contributed by atoms with Gasteiger partial charge in [0.1, 0.15) is 0 Å². The van der Waals surface area contributed by atoms with E-state index in [9.17, 15) is 0 Å². The number of hydrogen-bond acceptors (Lipinski definition) is 2. The highest BCUT2D eigenvalue weighted by Gasteiger charge is 2.29. The molecule has 0 saturated heterocycles. The summed E-state index contributed by atoms with van der Waals surface area (Å²) in [5.74, 6) is 0. The summed E-state index contributed by atoms with van der Waals surface area (Å²) >= 11 is 0. The highest BCUT2D eigenvalue weighted by atomic mass is 16.5. The molecule has 0 aromatic heterocycles. The fourth-order valence-corrected chi connectivity index (χ4v) is 2.18. The minimum absolute atomic E-state index is 0.425. The third-order valence-corrected chi connectivity index (χ3v) is 3.18. The summed E-state index contributed by atoms with van der Waals surface area (Å²) in [4.78, 5) is 0. The minimum atomic E-state index is 0.425. The number of hydrogen-bond donors (Lipinski definition) is 1. The quantitative estimate of drug-likeness (QED) is 0.701. The molecule has 0 aromatic carbocycles. The van der Waals surface area contributed by atoms with Gasteiger partial charge in [-0.25, -0.2) is 0 Å². The second-order valence-electron chi connectivity index (χ2n) is 4.01. The van der Waals surface area contributed by atoms with Crippen LogP contribution in [0.4, 0.5) is 0 Å². The van der Waals surface area contributed by atoms with E-state index >= 15 is 0 Å². The van der Waals surface area contributed by atoms with E-state index in [-0.39, 0.29) is 0 Å². The van der Waals surface area contributed by atoms with Crippen molar-refractivity contribution in [2.24, 2.45) is 11.1 Å². The van der Waals surface area contributed by atoms with Gasteiger partial charge in [-0.15, -0.1) is 0 Å². The van der Waals surface area contributed by atoms with Crippen molar-refractivity contribution in [1.29, 1.82) is 0 Å². The zero-order valence-corrected chi connectivity index (χ0v) is 8.14.